The van der Waals surface area contributed by atoms with Crippen LogP contribution in [0.5, 0.6) is 5.75 Å². The SMILES string of the molecule is CCOC(=O)[C@H](C)NP(=O)(OC[C@H]1O[C@@H](n2cc(C)c(=O)[nH]c2=O)C[C@@H]1F)Oc1ccccc1. The highest BCUT2D eigenvalue weighted by Crippen LogP contribution is 2.46. The Balaban J connectivity index is 1.73. The number of aromatic nitrogens is 2. The number of H-pyrrole nitrogens is 1. The van der Waals surface area contributed by atoms with Crippen molar-refractivity contribution in [3.63, 3.8) is 0 Å². The highest BCUT2D eigenvalue weighted by Gasteiger charge is 2.40. The summed E-state index contributed by atoms with van der Waals surface area (Å²) in [5.74, 6) is -0.469. The van der Waals surface area contributed by atoms with Crippen LogP contribution in [0.2, 0.25) is 0 Å². The highest BCUT2D eigenvalue weighted by atomic mass is 31.2. The van der Waals surface area contributed by atoms with Gasteiger partial charge in [0.2, 0.25) is 0 Å². The molecule has 34 heavy (non-hydrogen) atoms. The van der Waals surface area contributed by atoms with Crippen molar-refractivity contribution >= 4 is 13.7 Å². The van der Waals surface area contributed by atoms with Crippen molar-refractivity contribution < 1.29 is 32.3 Å². The molecular weight excluding hydrogens is 472 g/mol. The number of carbonyl (C=O) groups is 1. The maximum Gasteiger partial charge on any atom is 0.459 e. The Labute approximate surface area is 194 Å². The van der Waals surface area contributed by atoms with Gasteiger partial charge in [-0.15, -0.1) is 0 Å². The van der Waals surface area contributed by atoms with Crippen LogP contribution in [0.4, 0.5) is 4.39 Å². The summed E-state index contributed by atoms with van der Waals surface area (Å²) in [5, 5.41) is 2.49. The van der Waals surface area contributed by atoms with E-state index in [1.54, 1.807) is 25.1 Å². The number of rotatable bonds is 10. The number of nitrogens with zero attached hydrogens (tertiary/aromatic N) is 1. The van der Waals surface area contributed by atoms with E-state index in [0.717, 1.165) is 4.57 Å². The van der Waals surface area contributed by atoms with E-state index in [-0.39, 0.29) is 24.3 Å². The molecule has 0 saturated carbocycles. The van der Waals surface area contributed by atoms with Crippen molar-refractivity contribution in [1.29, 1.82) is 0 Å². The number of aryl methyl sites for hydroxylation is 1. The van der Waals surface area contributed by atoms with Gasteiger partial charge in [-0.3, -0.25) is 23.7 Å². The molecule has 2 N–H and O–H groups in total. The average Bonchev–Trinajstić information content (AvgIpc) is 3.16. The molecule has 1 aromatic heterocycles. The first-order valence-corrected chi connectivity index (χ1v) is 12.2. The van der Waals surface area contributed by atoms with Gasteiger partial charge in [-0.25, -0.2) is 13.8 Å². The minimum absolute atomic E-state index is 0.125. The fraction of sp³-hybridized carbons (Fsp3) is 0.476. The van der Waals surface area contributed by atoms with Crippen molar-refractivity contribution in [1.82, 2.24) is 14.6 Å². The van der Waals surface area contributed by atoms with E-state index in [4.69, 9.17) is 18.5 Å². The summed E-state index contributed by atoms with van der Waals surface area (Å²) in [4.78, 5) is 37.8. The molecule has 1 aromatic carbocycles. The van der Waals surface area contributed by atoms with Crippen LogP contribution in [0.3, 0.4) is 0 Å². The smallest absolute Gasteiger partial charge is 0.459 e. The third kappa shape index (κ3) is 6.41. The summed E-state index contributed by atoms with van der Waals surface area (Å²) in [5.41, 5.74) is -1.02. The summed E-state index contributed by atoms with van der Waals surface area (Å²) >= 11 is 0. The number of aromatic amines is 1. The van der Waals surface area contributed by atoms with Gasteiger partial charge in [0.1, 0.15) is 30.3 Å². The third-order valence-corrected chi connectivity index (χ3v) is 6.63. The summed E-state index contributed by atoms with van der Waals surface area (Å²) < 4.78 is 50.7. The van der Waals surface area contributed by atoms with Gasteiger partial charge >= 0.3 is 19.4 Å². The van der Waals surface area contributed by atoms with Crippen LogP contribution in [-0.4, -0.2) is 47.1 Å². The normalized spacial score (nSPS) is 22.6. The lowest BCUT2D eigenvalue weighted by Crippen LogP contribution is -2.36. The van der Waals surface area contributed by atoms with E-state index in [1.807, 2.05) is 0 Å². The monoisotopic (exact) mass is 499 g/mol. The Kier molecular flexibility index (Phi) is 8.42. The van der Waals surface area contributed by atoms with Crippen LogP contribution in [0.1, 0.15) is 32.1 Å². The van der Waals surface area contributed by atoms with E-state index in [2.05, 4.69) is 10.1 Å². The molecule has 1 aliphatic heterocycles. The zero-order valence-electron chi connectivity index (χ0n) is 18.9. The van der Waals surface area contributed by atoms with Gasteiger partial charge in [0.05, 0.1) is 13.2 Å². The minimum Gasteiger partial charge on any atom is -0.465 e. The summed E-state index contributed by atoms with van der Waals surface area (Å²) in [6.45, 7) is 4.19. The molecular formula is C21H27FN3O8P. The second-order valence-electron chi connectivity index (χ2n) is 7.66. The molecule has 3 rings (SSSR count). The summed E-state index contributed by atoms with van der Waals surface area (Å²) in [6.07, 6.45) is -2.63. The Hall–Kier alpha value is -2.79. The van der Waals surface area contributed by atoms with Crippen LogP contribution in [0, 0.1) is 6.92 Å². The number of carbonyl (C=O) groups excluding carboxylic acids is 1. The number of para-hydroxylation sites is 1. The Morgan fingerprint density at radius 2 is 2.06 bits per heavy atom. The molecule has 0 bridgehead atoms. The van der Waals surface area contributed by atoms with E-state index in [1.165, 1.54) is 32.2 Å². The molecule has 1 unspecified atom stereocenters. The molecule has 11 nitrogen and oxygen atoms in total. The van der Waals surface area contributed by atoms with Crippen molar-refractivity contribution in [3.05, 3.63) is 62.9 Å². The summed E-state index contributed by atoms with van der Waals surface area (Å²) in [6, 6.07) is 7.07. The van der Waals surface area contributed by atoms with Crippen molar-refractivity contribution in [2.24, 2.45) is 0 Å². The molecule has 186 valence electrons. The van der Waals surface area contributed by atoms with Gasteiger partial charge < -0.3 is 14.0 Å². The molecule has 0 radical (unpaired) electrons. The second-order valence-corrected chi connectivity index (χ2v) is 9.35. The number of ether oxygens (including phenoxy) is 2. The minimum atomic E-state index is -4.18. The average molecular weight is 499 g/mol. The highest BCUT2D eigenvalue weighted by molar-refractivity contribution is 7.52. The number of alkyl halides is 1. The van der Waals surface area contributed by atoms with E-state index < -0.39 is 56.1 Å². The molecule has 2 heterocycles. The van der Waals surface area contributed by atoms with Crippen LogP contribution in [0.25, 0.3) is 0 Å². The lowest BCUT2D eigenvalue weighted by atomic mass is 10.2. The number of hydrogen-bond donors (Lipinski definition) is 2. The molecule has 0 amide bonds. The molecule has 5 atom stereocenters. The van der Waals surface area contributed by atoms with Crippen LogP contribution in [0.15, 0.2) is 46.1 Å². The topological polar surface area (TPSA) is 138 Å². The van der Waals surface area contributed by atoms with Gasteiger partial charge in [0.15, 0.2) is 0 Å². The predicted octanol–water partition coefficient (Wildman–Crippen LogP) is 2.22. The first-order valence-electron chi connectivity index (χ1n) is 10.7. The molecule has 1 fully saturated rings. The van der Waals surface area contributed by atoms with Gasteiger partial charge in [0, 0.05) is 18.2 Å². The van der Waals surface area contributed by atoms with E-state index in [9.17, 15) is 23.3 Å². The third-order valence-electron chi connectivity index (χ3n) is 4.99. The van der Waals surface area contributed by atoms with Crippen LogP contribution < -0.4 is 20.9 Å². The molecule has 1 aliphatic rings. The zero-order chi connectivity index (χ0) is 24.9. The van der Waals surface area contributed by atoms with Crippen molar-refractivity contribution in [2.45, 2.75) is 51.7 Å². The Morgan fingerprint density at radius 1 is 1.35 bits per heavy atom. The van der Waals surface area contributed by atoms with E-state index in [0.29, 0.717) is 0 Å². The van der Waals surface area contributed by atoms with Crippen LogP contribution >= 0.6 is 7.75 Å². The Bertz CT molecular complexity index is 1150. The first-order chi connectivity index (χ1) is 16.1. The molecule has 13 heteroatoms. The van der Waals surface area contributed by atoms with Gasteiger partial charge in [-0.1, -0.05) is 18.2 Å². The number of halogens is 1. The second kappa shape index (κ2) is 11.1. The molecule has 0 aliphatic carbocycles. The predicted molar refractivity (Wildman–Crippen MR) is 119 cm³/mol. The number of benzene rings is 1. The van der Waals surface area contributed by atoms with Gasteiger partial charge in [-0.05, 0) is 32.9 Å². The number of hydrogen-bond acceptors (Lipinski definition) is 8. The number of esters is 1. The number of nitrogens with one attached hydrogen (secondary N) is 2. The quantitative estimate of drug-likeness (QED) is 0.372. The maximum absolute atomic E-state index is 14.7. The van der Waals surface area contributed by atoms with Crippen LogP contribution in [-0.2, 0) is 23.4 Å². The molecule has 1 saturated heterocycles. The fourth-order valence-electron chi connectivity index (χ4n) is 3.25. The van der Waals surface area contributed by atoms with Crippen molar-refractivity contribution in [2.75, 3.05) is 13.2 Å². The molecule has 0 spiro atoms. The lowest BCUT2D eigenvalue weighted by Gasteiger charge is -2.24. The first kappa shape index (κ1) is 25.8. The Morgan fingerprint density at radius 3 is 2.74 bits per heavy atom. The van der Waals surface area contributed by atoms with Crippen molar-refractivity contribution in [3.8, 4) is 5.75 Å². The lowest BCUT2D eigenvalue weighted by molar-refractivity contribution is -0.144. The summed E-state index contributed by atoms with van der Waals surface area (Å²) in [7, 11) is -4.18. The fourth-order valence-corrected chi connectivity index (χ4v) is 4.75. The van der Waals surface area contributed by atoms with E-state index >= 15 is 0 Å². The largest absolute Gasteiger partial charge is 0.465 e. The maximum atomic E-state index is 14.7. The molecule has 2 aromatic rings. The standard InChI is InChI=1S/C21H27FN3O8P/c1-4-30-20(27)14(3)24-34(29,33-15-8-6-5-7-9-15)31-12-17-16(22)10-18(32-17)25-11-13(2)19(26)23-21(25)28/h5-9,11,14,16-18H,4,10,12H2,1-3H3,(H,24,29)(H,23,26,28)/t14-,16-,17+,18+,34?/m0/s1. The van der Waals surface area contributed by atoms with Gasteiger partial charge in [0.25, 0.3) is 5.56 Å². The van der Waals surface area contributed by atoms with Gasteiger partial charge in [-0.2, -0.15) is 5.09 Å². The zero-order valence-corrected chi connectivity index (χ0v) is 19.8.